The molecule has 3 atom stereocenters. The third kappa shape index (κ3) is 2.99. The third-order valence-electron chi connectivity index (χ3n) is 4.36. The molecule has 0 N–H and O–H groups in total. The summed E-state index contributed by atoms with van der Waals surface area (Å²) in [5, 5.41) is 0.111. The van der Waals surface area contributed by atoms with E-state index in [4.69, 9.17) is 18.6 Å². The van der Waals surface area contributed by atoms with Crippen molar-refractivity contribution in [2.45, 2.75) is 77.0 Å². The Morgan fingerprint density at radius 2 is 1.85 bits per heavy atom. The number of carbonyl (C=O) groups excluding carboxylic acids is 1. The molecular weight excluding hydrogens is 276 g/mol. The van der Waals surface area contributed by atoms with E-state index in [0.29, 0.717) is 0 Å². The molecule has 2 heterocycles. The van der Waals surface area contributed by atoms with Gasteiger partial charge in [0, 0.05) is 0 Å². The number of carbonyl (C=O) groups is 1. The van der Waals surface area contributed by atoms with Gasteiger partial charge in [-0.15, -0.1) is 0 Å². The quantitative estimate of drug-likeness (QED) is 0.750. The fraction of sp³-hybridized carbons (Fsp3) is 0.929. The largest absolute Gasteiger partial charge is 0.414 e. The van der Waals surface area contributed by atoms with Gasteiger partial charge in [0.05, 0.1) is 6.61 Å². The topological polar surface area (TPSA) is 54.0 Å². The molecule has 2 saturated heterocycles. The first-order chi connectivity index (χ1) is 8.93. The monoisotopic (exact) mass is 302 g/mol. The molecule has 2 rings (SSSR count). The van der Waals surface area contributed by atoms with Crippen LogP contribution in [0.3, 0.4) is 0 Å². The molecular formula is C14H26O5Si. The molecule has 20 heavy (non-hydrogen) atoms. The molecule has 0 aromatic rings. The second kappa shape index (κ2) is 4.88. The SMILES string of the molecule is CC1(C)OC2OC(CO[Si](C)(C)C(C)(C)C)C(=O)C2O1. The van der Waals surface area contributed by atoms with Gasteiger partial charge in [0.1, 0.15) is 6.10 Å². The highest BCUT2D eigenvalue weighted by Crippen LogP contribution is 2.38. The molecule has 0 spiro atoms. The Morgan fingerprint density at radius 1 is 1.25 bits per heavy atom. The van der Waals surface area contributed by atoms with Crippen molar-refractivity contribution >= 4 is 14.1 Å². The first-order valence-corrected chi connectivity index (χ1v) is 10.0. The maximum Gasteiger partial charge on any atom is 0.197 e. The minimum Gasteiger partial charge on any atom is -0.414 e. The highest BCUT2D eigenvalue weighted by atomic mass is 28.4. The Bertz CT molecular complexity index is 399. The van der Waals surface area contributed by atoms with Crippen molar-refractivity contribution in [3.05, 3.63) is 0 Å². The molecule has 0 aromatic carbocycles. The molecule has 5 nitrogen and oxygen atoms in total. The van der Waals surface area contributed by atoms with Crippen molar-refractivity contribution in [3.63, 3.8) is 0 Å². The van der Waals surface area contributed by atoms with Crippen LogP contribution in [0.2, 0.25) is 18.1 Å². The van der Waals surface area contributed by atoms with Gasteiger partial charge in [0.15, 0.2) is 32.3 Å². The van der Waals surface area contributed by atoms with Crippen molar-refractivity contribution in [3.8, 4) is 0 Å². The van der Waals surface area contributed by atoms with Gasteiger partial charge in [-0.25, -0.2) is 0 Å². The highest BCUT2D eigenvalue weighted by Gasteiger charge is 2.54. The maximum atomic E-state index is 12.2. The van der Waals surface area contributed by atoms with Crippen LogP contribution >= 0.6 is 0 Å². The van der Waals surface area contributed by atoms with Crippen LogP contribution in [0.1, 0.15) is 34.6 Å². The number of rotatable bonds is 3. The van der Waals surface area contributed by atoms with Crippen LogP contribution in [0, 0.1) is 0 Å². The van der Waals surface area contributed by atoms with Gasteiger partial charge in [0.2, 0.25) is 0 Å². The van der Waals surface area contributed by atoms with Gasteiger partial charge in [-0.1, -0.05) is 20.8 Å². The van der Waals surface area contributed by atoms with Gasteiger partial charge < -0.3 is 18.6 Å². The van der Waals surface area contributed by atoms with E-state index >= 15 is 0 Å². The normalized spacial score (nSPS) is 33.5. The van der Waals surface area contributed by atoms with E-state index in [1.807, 2.05) is 0 Å². The van der Waals surface area contributed by atoms with E-state index in [-0.39, 0.29) is 17.4 Å². The maximum absolute atomic E-state index is 12.2. The Morgan fingerprint density at radius 3 is 2.35 bits per heavy atom. The van der Waals surface area contributed by atoms with Gasteiger partial charge in [0.25, 0.3) is 0 Å². The molecule has 0 amide bonds. The van der Waals surface area contributed by atoms with Crippen molar-refractivity contribution < 1.29 is 23.4 Å². The first-order valence-electron chi connectivity index (χ1n) is 7.12. The molecule has 0 aliphatic carbocycles. The van der Waals surface area contributed by atoms with E-state index in [9.17, 15) is 4.79 Å². The minimum atomic E-state index is -1.88. The summed E-state index contributed by atoms with van der Waals surface area (Å²) in [6.45, 7) is 14.7. The zero-order valence-corrected chi connectivity index (χ0v) is 14.5. The Labute approximate surface area is 122 Å². The molecule has 2 aliphatic heterocycles. The van der Waals surface area contributed by atoms with Crippen molar-refractivity contribution in [1.82, 2.24) is 0 Å². The van der Waals surface area contributed by atoms with Crippen LogP contribution in [-0.4, -0.2) is 45.0 Å². The minimum absolute atomic E-state index is 0.0701. The lowest BCUT2D eigenvalue weighted by Gasteiger charge is -2.36. The fourth-order valence-corrected chi connectivity index (χ4v) is 3.06. The van der Waals surface area contributed by atoms with Crippen LogP contribution in [0.4, 0.5) is 0 Å². The second-order valence-corrected chi connectivity index (χ2v) is 12.3. The smallest absolute Gasteiger partial charge is 0.197 e. The lowest BCUT2D eigenvalue weighted by molar-refractivity contribution is -0.206. The van der Waals surface area contributed by atoms with E-state index in [0.717, 1.165) is 0 Å². The first kappa shape index (κ1) is 16.1. The summed E-state index contributed by atoms with van der Waals surface area (Å²) in [6.07, 6.45) is -1.78. The van der Waals surface area contributed by atoms with Crippen LogP contribution in [0.5, 0.6) is 0 Å². The number of Topliss-reactive ketones (excluding diaryl/α,β-unsaturated/α-hetero) is 1. The van der Waals surface area contributed by atoms with E-state index in [1.165, 1.54) is 0 Å². The predicted octanol–water partition coefficient (Wildman–Crippen LogP) is 2.45. The molecule has 0 aromatic heterocycles. The zero-order valence-electron chi connectivity index (χ0n) is 13.5. The summed E-state index contributed by atoms with van der Waals surface area (Å²) in [4.78, 5) is 12.2. The van der Waals surface area contributed by atoms with Gasteiger partial charge in [-0.2, -0.15) is 0 Å². The molecule has 0 radical (unpaired) electrons. The van der Waals surface area contributed by atoms with Crippen molar-refractivity contribution in [2.24, 2.45) is 0 Å². The summed E-state index contributed by atoms with van der Waals surface area (Å²) >= 11 is 0. The summed E-state index contributed by atoms with van der Waals surface area (Å²) in [5.74, 6) is -0.824. The molecule has 3 unspecified atom stereocenters. The molecule has 2 aliphatic rings. The molecule has 2 fully saturated rings. The summed E-state index contributed by atoms with van der Waals surface area (Å²) in [5.41, 5.74) is 0. The van der Waals surface area contributed by atoms with E-state index in [2.05, 4.69) is 33.9 Å². The van der Waals surface area contributed by atoms with Crippen LogP contribution < -0.4 is 0 Å². The van der Waals surface area contributed by atoms with Crippen LogP contribution in [0.25, 0.3) is 0 Å². The lowest BCUT2D eigenvalue weighted by Crippen LogP contribution is -2.44. The van der Waals surface area contributed by atoms with Gasteiger partial charge in [-0.05, 0) is 32.0 Å². The van der Waals surface area contributed by atoms with Gasteiger partial charge >= 0.3 is 0 Å². The summed E-state index contributed by atoms with van der Waals surface area (Å²) in [7, 11) is -1.88. The highest BCUT2D eigenvalue weighted by molar-refractivity contribution is 6.74. The van der Waals surface area contributed by atoms with Crippen LogP contribution in [0.15, 0.2) is 0 Å². The van der Waals surface area contributed by atoms with Crippen molar-refractivity contribution in [2.75, 3.05) is 6.61 Å². The number of fused-ring (bicyclic) bond motifs is 1. The average Bonchev–Trinajstić information content (AvgIpc) is 2.69. The Hall–Kier alpha value is -0.273. The lowest BCUT2D eigenvalue weighted by atomic mass is 10.2. The Kier molecular flexibility index (Phi) is 3.93. The van der Waals surface area contributed by atoms with Crippen LogP contribution in [-0.2, 0) is 23.4 Å². The number of hydrogen-bond acceptors (Lipinski definition) is 5. The van der Waals surface area contributed by atoms with Crippen molar-refractivity contribution in [1.29, 1.82) is 0 Å². The number of ether oxygens (including phenoxy) is 3. The summed E-state index contributed by atoms with van der Waals surface area (Å²) in [6, 6.07) is 0. The average molecular weight is 302 g/mol. The molecule has 6 heteroatoms. The number of ketones is 1. The molecule has 0 bridgehead atoms. The van der Waals surface area contributed by atoms with Gasteiger partial charge in [-0.3, -0.25) is 4.79 Å². The van der Waals surface area contributed by atoms with E-state index < -0.39 is 32.6 Å². The standard InChI is InChI=1S/C14H26O5Si/c1-13(2,3)20(6,7)16-8-9-10(15)11-12(17-9)19-14(4,5)18-11/h9,11-12H,8H2,1-7H3. The molecule has 0 saturated carbocycles. The summed E-state index contributed by atoms with van der Waals surface area (Å²) < 4.78 is 22.8. The fourth-order valence-electron chi connectivity index (χ4n) is 2.06. The molecule has 116 valence electrons. The number of hydrogen-bond donors (Lipinski definition) is 0. The second-order valence-electron chi connectivity index (χ2n) is 7.52. The Balaban J connectivity index is 1.93. The van der Waals surface area contributed by atoms with E-state index in [1.54, 1.807) is 13.8 Å². The zero-order chi connectivity index (χ0) is 15.3. The third-order valence-corrected chi connectivity index (χ3v) is 8.86. The predicted molar refractivity (Wildman–Crippen MR) is 76.9 cm³/mol.